The van der Waals surface area contributed by atoms with Crippen LogP contribution in [0, 0.1) is 5.92 Å². The van der Waals surface area contributed by atoms with E-state index in [0.717, 1.165) is 5.56 Å². The highest BCUT2D eigenvalue weighted by Gasteiger charge is 2.57. The van der Waals surface area contributed by atoms with Gasteiger partial charge in [0.25, 0.3) is 5.91 Å². The summed E-state index contributed by atoms with van der Waals surface area (Å²) in [6, 6.07) is 5.67. The monoisotopic (exact) mass is 479 g/mol. The standard InChI is InChI=1S/C23H33N3O4S2/c1-13(2)17(12-27)25-19(28)16(10-11-31-5)24-20(29)18-23(3,4)32-22-15-9-7-6-8-14(15)21(30)26(18)22/h6-9,13,16-18,22,27H,10-12H2,1-5H3,(H,24,29)(H,25,28)/t16-,17+,18+,22?/m0/s1. The number of benzene rings is 1. The Bertz CT molecular complexity index is 877. The van der Waals surface area contributed by atoms with Crippen LogP contribution >= 0.6 is 23.5 Å². The van der Waals surface area contributed by atoms with Gasteiger partial charge in [-0.15, -0.1) is 11.8 Å². The Hall–Kier alpha value is -1.71. The smallest absolute Gasteiger partial charge is 0.256 e. The van der Waals surface area contributed by atoms with E-state index in [0.29, 0.717) is 17.7 Å². The number of aliphatic hydroxyl groups excluding tert-OH is 1. The van der Waals surface area contributed by atoms with E-state index in [4.69, 9.17) is 0 Å². The quantitative estimate of drug-likeness (QED) is 0.503. The lowest BCUT2D eigenvalue weighted by atomic mass is 9.99. The molecule has 1 aromatic carbocycles. The number of nitrogens with one attached hydrogen (secondary N) is 2. The Labute approximate surface area is 198 Å². The van der Waals surface area contributed by atoms with E-state index in [1.54, 1.807) is 34.5 Å². The first-order chi connectivity index (χ1) is 15.1. The van der Waals surface area contributed by atoms with Crippen molar-refractivity contribution in [2.24, 2.45) is 5.92 Å². The fourth-order valence-corrected chi connectivity index (χ4v) is 6.33. The zero-order valence-electron chi connectivity index (χ0n) is 19.3. The first-order valence-corrected chi connectivity index (χ1v) is 13.2. The Balaban J connectivity index is 1.81. The molecule has 0 saturated carbocycles. The van der Waals surface area contributed by atoms with Crippen molar-refractivity contribution in [2.75, 3.05) is 18.6 Å². The van der Waals surface area contributed by atoms with Crippen LogP contribution in [0.2, 0.25) is 0 Å². The van der Waals surface area contributed by atoms with Gasteiger partial charge in [-0.2, -0.15) is 11.8 Å². The molecule has 32 heavy (non-hydrogen) atoms. The summed E-state index contributed by atoms with van der Waals surface area (Å²) in [5, 5.41) is 15.2. The van der Waals surface area contributed by atoms with E-state index >= 15 is 0 Å². The average Bonchev–Trinajstić information content (AvgIpc) is 3.18. The summed E-state index contributed by atoms with van der Waals surface area (Å²) in [7, 11) is 0. The molecule has 2 aliphatic heterocycles. The minimum absolute atomic E-state index is 0.0625. The lowest BCUT2D eigenvalue weighted by Crippen LogP contribution is -2.58. The Morgan fingerprint density at radius 1 is 1.25 bits per heavy atom. The third-order valence-corrected chi connectivity index (χ3v) is 8.30. The van der Waals surface area contributed by atoms with Crippen LogP contribution in [0.25, 0.3) is 0 Å². The van der Waals surface area contributed by atoms with Crippen molar-refractivity contribution in [1.82, 2.24) is 15.5 Å². The van der Waals surface area contributed by atoms with Gasteiger partial charge in [0, 0.05) is 10.3 Å². The highest BCUT2D eigenvalue weighted by molar-refractivity contribution is 8.01. The summed E-state index contributed by atoms with van der Waals surface area (Å²) < 4.78 is -0.510. The third kappa shape index (κ3) is 4.79. The van der Waals surface area contributed by atoms with Gasteiger partial charge in [0.1, 0.15) is 17.5 Å². The fraction of sp³-hybridized carbons (Fsp3) is 0.609. The van der Waals surface area contributed by atoms with Gasteiger partial charge in [-0.1, -0.05) is 32.0 Å². The number of carbonyl (C=O) groups is 3. The molecule has 0 aromatic heterocycles. The predicted octanol–water partition coefficient (Wildman–Crippen LogP) is 2.41. The van der Waals surface area contributed by atoms with E-state index < -0.39 is 16.8 Å². The molecule has 9 heteroatoms. The highest BCUT2D eigenvalue weighted by atomic mass is 32.2. The lowest BCUT2D eigenvalue weighted by molar-refractivity contribution is -0.132. The molecule has 1 aromatic rings. The van der Waals surface area contributed by atoms with Crippen LogP contribution in [-0.4, -0.2) is 69.2 Å². The number of carbonyl (C=O) groups excluding carboxylic acids is 3. The fourth-order valence-electron chi connectivity index (χ4n) is 4.27. The summed E-state index contributed by atoms with van der Waals surface area (Å²) in [5.74, 6) is -0.0149. The van der Waals surface area contributed by atoms with Crippen LogP contribution in [0.4, 0.5) is 0 Å². The second-order valence-electron chi connectivity index (χ2n) is 9.16. The first kappa shape index (κ1) is 24.9. The van der Waals surface area contributed by atoms with Gasteiger partial charge in [0.05, 0.1) is 12.6 Å². The molecule has 3 N–H and O–H groups in total. The molecule has 0 radical (unpaired) electrons. The number of aliphatic hydroxyl groups is 1. The number of rotatable bonds is 9. The molecule has 7 nitrogen and oxygen atoms in total. The van der Waals surface area contributed by atoms with Gasteiger partial charge in [0.2, 0.25) is 11.8 Å². The van der Waals surface area contributed by atoms with Gasteiger partial charge in [-0.05, 0) is 49.8 Å². The van der Waals surface area contributed by atoms with E-state index in [9.17, 15) is 19.5 Å². The van der Waals surface area contributed by atoms with Crippen molar-refractivity contribution in [3.05, 3.63) is 35.4 Å². The molecule has 0 bridgehead atoms. The van der Waals surface area contributed by atoms with E-state index in [1.165, 1.54) is 0 Å². The van der Waals surface area contributed by atoms with Crippen molar-refractivity contribution in [1.29, 1.82) is 0 Å². The first-order valence-electron chi connectivity index (χ1n) is 10.9. The van der Waals surface area contributed by atoms with Crippen LogP contribution in [0.1, 0.15) is 55.4 Å². The number of hydrogen-bond donors (Lipinski definition) is 3. The zero-order valence-corrected chi connectivity index (χ0v) is 20.9. The summed E-state index contributed by atoms with van der Waals surface area (Å²) >= 11 is 3.19. The molecule has 3 rings (SSSR count). The van der Waals surface area contributed by atoms with Gasteiger partial charge in [-0.25, -0.2) is 0 Å². The van der Waals surface area contributed by atoms with Crippen molar-refractivity contribution in [2.45, 2.75) is 62.4 Å². The normalized spacial score (nSPS) is 23.0. The van der Waals surface area contributed by atoms with Crippen LogP contribution < -0.4 is 10.6 Å². The lowest BCUT2D eigenvalue weighted by Gasteiger charge is -2.31. The minimum Gasteiger partial charge on any atom is -0.394 e. The maximum Gasteiger partial charge on any atom is 0.256 e. The third-order valence-electron chi connectivity index (χ3n) is 6.12. The highest BCUT2D eigenvalue weighted by Crippen LogP contribution is 2.56. The summed E-state index contributed by atoms with van der Waals surface area (Å²) in [6.07, 6.45) is 2.41. The second kappa shape index (κ2) is 10.1. The molecule has 176 valence electrons. The van der Waals surface area contributed by atoms with Crippen LogP contribution in [-0.2, 0) is 9.59 Å². The molecular formula is C23H33N3O4S2. The maximum absolute atomic E-state index is 13.5. The summed E-state index contributed by atoms with van der Waals surface area (Å²) in [5.41, 5.74) is 1.57. The molecule has 1 saturated heterocycles. The van der Waals surface area contributed by atoms with Gasteiger partial charge < -0.3 is 20.6 Å². The second-order valence-corrected chi connectivity index (χ2v) is 11.9. The van der Waals surface area contributed by atoms with E-state index in [-0.39, 0.29) is 41.7 Å². The molecule has 4 atom stereocenters. The number of fused-ring (bicyclic) bond motifs is 3. The topological polar surface area (TPSA) is 98.7 Å². The number of nitrogens with zero attached hydrogens (tertiary/aromatic N) is 1. The maximum atomic E-state index is 13.5. The Kier molecular flexibility index (Phi) is 7.83. The molecule has 1 unspecified atom stereocenters. The van der Waals surface area contributed by atoms with Gasteiger partial charge in [-0.3, -0.25) is 14.4 Å². The van der Waals surface area contributed by atoms with Crippen molar-refractivity contribution in [3.63, 3.8) is 0 Å². The number of hydrogen-bond acceptors (Lipinski definition) is 6. The molecule has 3 amide bonds. The molecule has 1 fully saturated rings. The molecular weight excluding hydrogens is 446 g/mol. The van der Waals surface area contributed by atoms with Gasteiger partial charge in [0.15, 0.2) is 0 Å². The minimum atomic E-state index is -0.734. The summed E-state index contributed by atoms with van der Waals surface area (Å²) in [6.45, 7) is 7.61. The summed E-state index contributed by atoms with van der Waals surface area (Å²) in [4.78, 5) is 41.3. The van der Waals surface area contributed by atoms with Crippen molar-refractivity contribution < 1.29 is 19.5 Å². The number of thioether (sulfide) groups is 2. The SMILES string of the molecule is CSCC[C@H](NC(=O)[C@H]1N2C(=O)c3ccccc3C2SC1(C)C)C(=O)N[C@H](CO)C(C)C. The van der Waals surface area contributed by atoms with E-state index in [2.05, 4.69) is 10.6 Å². The Morgan fingerprint density at radius 2 is 1.94 bits per heavy atom. The predicted molar refractivity (Wildman–Crippen MR) is 130 cm³/mol. The zero-order chi connectivity index (χ0) is 23.6. The van der Waals surface area contributed by atoms with Crippen LogP contribution in [0.3, 0.4) is 0 Å². The van der Waals surface area contributed by atoms with E-state index in [1.807, 2.05) is 52.1 Å². The van der Waals surface area contributed by atoms with Crippen molar-refractivity contribution >= 4 is 41.2 Å². The molecule has 2 aliphatic rings. The van der Waals surface area contributed by atoms with Crippen molar-refractivity contribution in [3.8, 4) is 0 Å². The molecule has 2 heterocycles. The largest absolute Gasteiger partial charge is 0.394 e. The average molecular weight is 480 g/mol. The van der Waals surface area contributed by atoms with Crippen LogP contribution in [0.5, 0.6) is 0 Å². The molecule has 0 spiro atoms. The number of amides is 3. The van der Waals surface area contributed by atoms with Crippen LogP contribution in [0.15, 0.2) is 24.3 Å². The Morgan fingerprint density at radius 3 is 2.56 bits per heavy atom. The van der Waals surface area contributed by atoms with Gasteiger partial charge >= 0.3 is 0 Å². The molecule has 0 aliphatic carbocycles.